The maximum Gasteiger partial charge on any atom is 0.319 e. The van der Waals surface area contributed by atoms with Crippen LogP contribution in [0.4, 0.5) is 10.5 Å². The fourth-order valence-electron chi connectivity index (χ4n) is 1.92. The van der Waals surface area contributed by atoms with E-state index in [0.717, 1.165) is 13.0 Å². The predicted octanol–water partition coefficient (Wildman–Crippen LogP) is 4.68. The Labute approximate surface area is 120 Å². The van der Waals surface area contributed by atoms with Crippen molar-refractivity contribution in [1.82, 2.24) is 5.32 Å². The Bertz CT molecular complexity index is 395. The number of carbonyl (C=O) groups excluding carboxylic acids is 1. The van der Waals surface area contributed by atoms with Crippen molar-refractivity contribution in [1.29, 1.82) is 0 Å². The van der Waals surface area contributed by atoms with Gasteiger partial charge in [-0.3, -0.25) is 0 Å². The molecule has 19 heavy (non-hydrogen) atoms. The van der Waals surface area contributed by atoms with Gasteiger partial charge in [0, 0.05) is 17.3 Å². The Morgan fingerprint density at radius 3 is 2.79 bits per heavy atom. The molecule has 0 aliphatic rings. The molecule has 0 spiro atoms. The van der Waals surface area contributed by atoms with Crippen LogP contribution in [0.2, 0.25) is 5.02 Å². The summed E-state index contributed by atoms with van der Waals surface area (Å²) < 4.78 is 0. The quantitative estimate of drug-likeness (QED) is 0.749. The van der Waals surface area contributed by atoms with Crippen molar-refractivity contribution in [3.63, 3.8) is 0 Å². The van der Waals surface area contributed by atoms with Gasteiger partial charge in [-0.25, -0.2) is 4.79 Å². The van der Waals surface area contributed by atoms with E-state index in [1.807, 2.05) is 12.1 Å². The number of rotatable bonds is 7. The second kappa shape index (κ2) is 8.81. The normalized spacial score (nSPS) is 11.9. The number of hydrogen-bond acceptors (Lipinski definition) is 1. The zero-order chi connectivity index (χ0) is 14.1. The smallest absolute Gasteiger partial charge is 0.319 e. The van der Waals surface area contributed by atoms with Gasteiger partial charge in [0.2, 0.25) is 0 Å². The number of urea groups is 1. The van der Waals surface area contributed by atoms with E-state index in [4.69, 9.17) is 11.6 Å². The molecular weight excluding hydrogens is 260 g/mol. The highest BCUT2D eigenvalue weighted by atomic mass is 35.5. The van der Waals surface area contributed by atoms with E-state index in [2.05, 4.69) is 24.5 Å². The molecule has 4 heteroatoms. The van der Waals surface area contributed by atoms with E-state index in [-0.39, 0.29) is 6.03 Å². The first-order chi connectivity index (χ1) is 9.15. The number of amides is 2. The van der Waals surface area contributed by atoms with E-state index in [1.54, 1.807) is 12.1 Å². The van der Waals surface area contributed by atoms with Crippen LogP contribution in [-0.4, -0.2) is 12.6 Å². The molecule has 1 atom stereocenters. The summed E-state index contributed by atoms with van der Waals surface area (Å²) in [5, 5.41) is 6.32. The fourth-order valence-corrected chi connectivity index (χ4v) is 2.11. The van der Waals surface area contributed by atoms with Crippen molar-refractivity contribution < 1.29 is 4.79 Å². The SMILES string of the molecule is CCCC[C@H](CC)CNC(=O)Nc1cccc(Cl)c1. The minimum Gasteiger partial charge on any atom is -0.338 e. The predicted molar refractivity (Wildman–Crippen MR) is 81.8 cm³/mol. The van der Waals surface area contributed by atoms with Crippen LogP contribution in [-0.2, 0) is 0 Å². The molecule has 2 N–H and O–H groups in total. The van der Waals surface area contributed by atoms with Gasteiger partial charge in [-0.05, 0) is 30.5 Å². The van der Waals surface area contributed by atoms with E-state index < -0.39 is 0 Å². The monoisotopic (exact) mass is 282 g/mol. The lowest BCUT2D eigenvalue weighted by atomic mass is 9.99. The summed E-state index contributed by atoms with van der Waals surface area (Å²) in [6.07, 6.45) is 4.68. The summed E-state index contributed by atoms with van der Waals surface area (Å²) in [6, 6.07) is 6.98. The average Bonchev–Trinajstić information content (AvgIpc) is 2.39. The summed E-state index contributed by atoms with van der Waals surface area (Å²) in [4.78, 5) is 11.8. The fraction of sp³-hybridized carbons (Fsp3) is 0.533. The van der Waals surface area contributed by atoms with Crippen LogP contribution in [0.5, 0.6) is 0 Å². The number of nitrogens with one attached hydrogen (secondary N) is 2. The van der Waals surface area contributed by atoms with Gasteiger partial charge in [-0.1, -0.05) is 50.8 Å². The van der Waals surface area contributed by atoms with Crippen molar-refractivity contribution in [2.45, 2.75) is 39.5 Å². The number of halogens is 1. The van der Waals surface area contributed by atoms with Crippen LogP contribution in [0, 0.1) is 5.92 Å². The first-order valence-electron chi connectivity index (χ1n) is 6.96. The lowest BCUT2D eigenvalue weighted by Gasteiger charge is -2.15. The zero-order valence-corrected chi connectivity index (χ0v) is 12.5. The van der Waals surface area contributed by atoms with Crippen molar-refractivity contribution in [2.75, 3.05) is 11.9 Å². The van der Waals surface area contributed by atoms with E-state index in [1.165, 1.54) is 19.3 Å². The Kier molecular flexibility index (Phi) is 7.34. The Morgan fingerprint density at radius 2 is 2.16 bits per heavy atom. The number of carbonyl (C=O) groups is 1. The van der Waals surface area contributed by atoms with Crippen molar-refractivity contribution in [2.24, 2.45) is 5.92 Å². The molecule has 0 radical (unpaired) electrons. The second-order valence-electron chi connectivity index (χ2n) is 4.76. The van der Waals surface area contributed by atoms with Crippen molar-refractivity contribution in [3.8, 4) is 0 Å². The van der Waals surface area contributed by atoms with E-state index in [9.17, 15) is 4.79 Å². The van der Waals surface area contributed by atoms with Crippen molar-refractivity contribution in [3.05, 3.63) is 29.3 Å². The molecule has 0 aliphatic heterocycles. The van der Waals surface area contributed by atoms with Gasteiger partial charge in [0.05, 0.1) is 0 Å². The minimum atomic E-state index is -0.169. The summed E-state index contributed by atoms with van der Waals surface area (Å²) in [6.45, 7) is 5.08. The summed E-state index contributed by atoms with van der Waals surface area (Å²) >= 11 is 5.86. The topological polar surface area (TPSA) is 41.1 Å². The summed E-state index contributed by atoms with van der Waals surface area (Å²) in [5.74, 6) is 0.560. The van der Waals surface area contributed by atoms with Gasteiger partial charge in [0.1, 0.15) is 0 Å². The number of benzene rings is 1. The molecule has 1 aromatic rings. The maximum atomic E-state index is 11.8. The molecule has 0 unspecified atom stereocenters. The van der Waals surface area contributed by atoms with Gasteiger partial charge in [-0.2, -0.15) is 0 Å². The van der Waals surface area contributed by atoms with Gasteiger partial charge >= 0.3 is 6.03 Å². The summed E-state index contributed by atoms with van der Waals surface area (Å²) in [5.41, 5.74) is 0.714. The third-order valence-corrected chi connectivity index (χ3v) is 3.41. The van der Waals surface area contributed by atoms with Gasteiger partial charge in [0.25, 0.3) is 0 Å². The molecule has 1 rings (SSSR count). The van der Waals surface area contributed by atoms with Crippen LogP contribution in [0.25, 0.3) is 0 Å². The highest BCUT2D eigenvalue weighted by Crippen LogP contribution is 2.15. The van der Waals surface area contributed by atoms with Crippen LogP contribution in [0.1, 0.15) is 39.5 Å². The van der Waals surface area contributed by atoms with Gasteiger partial charge < -0.3 is 10.6 Å². The molecule has 0 bridgehead atoms. The number of hydrogen-bond donors (Lipinski definition) is 2. The molecule has 0 heterocycles. The van der Waals surface area contributed by atoms with Crippen LogP contribution >= 0.6 is 11.6 Å². The van der Waals surface area contributed by atoms with Gasteiger partial charge in [0.15, 0.2) is 0 Å². The number of anilines is 1. The Balaban J connectivity index is 2.34. The highest BCUT2D eigenvalue weighted by molar-refractivity contribution is 6.30. The lowest BCUT2D eigenvalue weighted by Crippen LogP contribution is -2.33. The van der Waals surface area contributed by atoms with Crippen LogP contribution < -0.4 is 10.6 Å². The molecule has 0 aliphatic carbocycles. The average molecular weight is 283 g/mol. The van der Waals surface area contributed by atoms with Crippen molar-refractivity contribution >= 4 is 23.3 Å². The molecular formula is C15H23ClN2O. The lowest BCUT2D eigenvalue weighted by molar-refractivity contribution is 0.249. The van der Waals surface area contributed by atoms with E-state index >= 15 is 0 Å². The standard InChI is InChI=1S/C15H23ClN2O/c1-3-5-7-12(4-2)11-17-15(19)18-14-9-6-8-13(16)10-14/h6,8-10,12H,3-5,7,11H2,1-2H3,(H2,17,18,19)/t12-/m0/s1. The molecule has 0 saturated carbocycles. The second-order valence-corrected chi connectivity index (χ2v) is 5.20. The van der Waals surface area contributed by atoms with Gasteiger partial charge in [-0.15, -0.1) is 0 Å². The minimum absolute atomic E-state index is 0.169. The molecule has 0 fully saturated rings. The Hall–Kier alpha value is -1.22. The maximum absolute atomic E-state index is 11.8. The first-order valence-corrected chi connectivity index (χ1v) is 7.33. The number of unbranched alkanes of at least 4 members (excludes halogenated alkanes) is 1. The first kappa shape index (κ1) is 15.8. The zero-order valence-electron chi connectivity index (χ0n) is 11.7. The largest absolute Gasteiger partial charge is 0.338 e. The highest BCUT2D eigenvalue weighted by Gasteiger charge is 2.08. The van der Waals surface area contributed by atoms with Crippen LogP contribution in [0.15, 0.2) is 24.3 Å². The summed E-state index contributed by atoms with van der Waals surface area (Å²) in [7, 11) is 0. The Morgan fingerprint density at radius 1 is 1.37 bits per heavy atom. The molecule has 0 aromatic heterocycles. The molecule has 1 aromatic carbocycles. The van der Waals surface area contributed by atoms with E-state index in [0.29, 0.717) is 16.6 Å². The third kappa shape index (κ3) is 6.48. The molecule has 3 nitrogen and oxygen atoms in total. The third-order valence-electron chi connectivity index (χ3n) is 3.18. The van der Waals surface area contributed by atoms with Crippen LogP contribution in [0.3, 0.4) is 0 Å². The molecule has 0 saturated heterocycles. The molecule has 2 amide bonds. The molecule has 106 valence electrons.